The zero-order valence-corrected chi connectivity index (χ0v) is 10.6. The van der Waals surface area contributed by atoms with Crippen LogP contribution >= 0.6 is 0 Å². The molecule has 0 saturated carbocycles. The Morgan fingerprint density at radius 2 is 1.90 bits per heavy atom. The van der Waals surface area contributed by atoms with Crippen LogP contribution in [0.4, 0.5) is 5.69 Å². The fourth-order valence-electron chi connectivity index (χ4n) is 1.76. The highest BCUT2D eigenvalue weighted by molar-refractivity contribution is 5.91. The molecule has 102 valence electrons. The van der Waals surface area contributed by atoms with Crippen molar-refractivity contribution >= 4 is 11.7 Å². The third-order valence-electron chi connectivity index (χ3n) is 2.72. The first-order valence-corrected chi connectivity index (χ1v) is 5.75. The number of aryl methyl sites for hydroxylation is 1. The number of nitro groups is 1. The fraction of sp³-hybridized carbons (Fsp3) is 0.0714. The van der Waals surface area contributed by atoms with E-state index in [1.165, 1.54) is 18.2 Å². The average Bonchev–Trinajstić information content (AvgIpc) is 2.41. The van der Waals surface area contributed by atoms with Gasteiger partial charge in [0, 0.05) is 6.07 Å². The summed E-state index contributed by atoms with van der Waals surface area (Å²) in [5.41, 5.74) is 0.301. The van der Waals surface area contributed by atoms with Gasteiger partial charge in [-0.25, -0.2) is 4.79 Å². The summed E-state index contributed by atoms with van der Waals surface area (Å²) < 4.78 is 5.47. The minimum absolute atomic E-state index is 0.0474. The van der Waals surface area contributed by atoms with Gasteiger partial charge in [0.2, 0.25) is 5.75 Å². The highest BCUT2D eigenvalue weighted by atomic mass is 16.6. The van der Waals surface area contributed by atoms with Crippen molar-refractivity contribution in [1.82, 2.24) is 0 Å². The molecule has 0 aliphatic rings. The summed E-state index contributed by atoms with van der Waals surface area (Å²) in [5, 5.41) is 20.1. The van der Waals surface area contributed by atoms with Crippen LogP contribution in [0.5, 0.6) is 11.5 Å². The maximum Gasteiger partial charge on any atom is 0.339 e. The number of carboxylic acid groups (broad SMARTS) is 1. The highest BCUT2D eigenvalue weighted by Crippen LogP contribution is 2.35. The molecule has 2 rings (SSSR count). The first-order valence-electron chi connectivity index (χ1n) is 5.75. The second kappa shape index (κ2) is 5.40. The van der Waals surface area contributed by atoms with Gasteiger partial charge in [-0.3, -0.25) is 10.1 Å². The zero-order valence-electron chi connectivity index (χ0n) is 10.6. The first kappa shape index (κ1) is 13.5. The molecule has 0 amide bonds. The molecule has 0 aliphatic carbocycles. The Morgan fingerprint density at radius 1 is 1.20 bits per heavy atom. The van der Waals surface area contributed by atoms with E-state index in [0.717, 1.165) is 0 Å². The van der Waals surface area contributed by atoms with Crippen LogP contribution in [-0.4, -0.2) is 16.0 Å². The van der Waals surface area contributed by atoms with Crippen molar-refractivity contribution in [2.75, 3.05) is 0 Å². The molecule has 0 saturated heterocycles. The maximum absolute atomic E-state index is 11.1. The van der Waals surface area contributed by atoms with E-state index in [1.54, 1.807) is 31.2 Å². The van der Waals surface area contributed by atoms with Crippen LogP contribution in [0.15, 0.2) is 42.5 Å². The molecule has 0 atom stereocenters. The van der Waals surface area contributed by atoms with Gasteiger partial charge in [0.25, 0.3) is 0 Å². The maximum atomic E-state index is 11.1. The Morgan fingerprint density at radius 3 is 2.55 bits per heavy atom. The Bertz CT molecular complexity index is 681. The van der Waals surface area contributed by atoms with E-state index >= 15 is 0 Å². The van der Waals surface area contributed by atoms with Crippen molar-refractivity contribution in [3.8, 4) is 11.5 Å². The number of carboxylic acids is 1. The van der Waals surface area contributed by atoms with Crippen molar-refractivity contribution in [3.05, 3.63) is 63.7 Å². The second-order valence-corrected chi connectivity index (χ2v) is 4.08. The molecule has 6 nitrogen and oxygen atoms in total. The van der Waals surface area contributed by atoms with Crippen molar-refractivity contribution in [3.63, 3.8) is 0 Å². The molecule has 0 bridgehead atoms. The predicted octanol–water partition coefficient (Wildman–Crippen LogP) is 3.39. The van der Waals surface area contributed by atoms with Crippen LogP contribution in [0.2, 0.25) is 0 Å². The number of aromatic carboxylic acids is 1. The quantitative estimate of drug-likeness (QED) is 0.681. The molecule has 0 fully saturated rings. The van der Waals surface area contributed by atoms with E-state index in [4.69, 9.17) is 9.84 Å². The minimum Gasteiger partial charge on any atom is -0.478 e. The molecule has 20 heavy (non-hydrogen) atoms. The summed E-state index contributed by atoms with van der Waals surface area (Å²) in [4.78, 5) is 21.5. The van der Waals surface area contributed by atoms with E-state index in [-0.39, 0.29) is 22.7 Å². The van der Waals surface area contributed by atoms with Gasteiger partial charge in [0.05, 0.1) is 4.92 Å². The summed E-state index contributed by atoms with van der Waals surface area (Å²) >= 11 is 0. The average molecular weight is 273 g/mol. The van der Waals surface area contributed by atoms with E-state index in [0.29, 0.717) is 5.56 Å². The Kier molecular flexibility index (Phi) is 3.65. The third kappa shape index (κ3) is 2.59. The topological polar surface area (TPSA) is 89.7 Å². The molecule has 2 aromatic rings. The van der Waals surface area contributed by atoms with Gasteiger partial charge < -0.3 is 9.84 Å². The Balaban J connectivity index is 2.51. The SMILES string of the molecule is Cc1cccc([N+](=O)[O-])c1Oc1ccccc1C(=O)O. The molecule has 0 heterocycles. The third-order valence-corrected chi connectivity index (χ3v) is 2.72. The van der Waals surface area contributed by atoms with Crippen LogP contribution in [0.1, 0.15) is 15.9 Å². The van der Waals surface area contributed by atoms with Gasteiger partial charge in [-0.1, -0.05) is 24.3 Å². The summed E-state index contributed by atoms with van der Waals surface area (Å²) in [7, 11) is 0. The van der Waals surface area contributed by atoms with Crippen molar-refractivity contribution < 1.29 is 19.6 Å². The smallest absolute Gasteiger partial charge is 0.339 e. The standard InChI is InChI=1S/C14H11NO5/c1-9-5-4-7-11(15(18)19)13(9)20-12-8-3-2-6-10(12)14(16)17/h2-8H,1H3,(H,16,17). The predicted molar refractivity (Wildman–Crippen MR) is 71.3 cm³/mol. The molecule has 1 N–H and O–H groups in total. The van der Waals surface area contributed by atoms with Crippen molar-refractivity contribution in [2.45, 2.75) is 6.92 Å². The second-order valence-electron chi connectivity index (χ2n) is 4.08. The van der Waals surface area contributed by atoms with Crippen LogP contribution in [0.25, 0.3) is 0 Å². The lowest BCUT2D eigenvalue weighted by Crippen LogP contribution is -2.01. The lowest BCUT2D eigenvalue weighted by Gasteiger charge is -2.10. The number of para-hydroxylation sites is 2. The van der Waals surface area contributed by atoms with Gasteiger partial charge in [0.1, 0.15) is 11.3 Å². The minimum atomic E-state index is -1.16. The van der Waals surface area contributed by atoms with E-state index in [2.05, 4.69) is 0 Å². The summed E-state index contributed by atoms with van der Waals surface area (Å²) in [6, 6.07) is 10.5. The monoisotopic (exact) mass is 273 g/mol. The summed E-state index contributed by atoms with van der Waals surface area (Å²) in [6.45, 7) is 1.66. The molecular formula is C14H11NO5. The molecule has 0 aliphatic heterocycles. The molecule has 0 aromatic heterocycles. The Labute approximate surface area is 114 Å². The molecule has 6 heteroatoms. The van der Waals surface area contributed by atoms with Crippen LogP contribution in [0, 0.1) is 17.0 Å². The summed E-state index contributed by atoms with van der Waals surface area (Å²) in [6.07, 6.45) is 0. The summed E-state index contributed by atoms with van der Waals surface area (Å²) in [5.74, 6) is -1.04. The molecule has 2 aromatic carbocycles. The van der Waals surface area contributed by atoms with Gasteiger partial charge in [-0.15, -0.1) is 0 Å². The number of carbonyl (C=O) groups is 1. The molecular weight excluding hydrogens is 262 g/mol. The van der Waals surface area contributed by atoms with Gasteiger partial charge in [-0.05, 0) is 24.6 Å². The number of rotatable bonds is 4. The fourth-order valence-corrected chi connectivity index (χ4v) is 1.76. The van der Waals surface area contributed by atoms with E-state index < -0.39 is 10.9 Å². The van der Waals surface area contributed by atoms with E-state index in [9.17, 15) is 14.9 Å². The van der Waals surface area contributed by atoms with Gasteiger partial charge >= 0.3 is 11.7 Å². The Hall–Kier alpha value is -2.89. The number of ether oxygens (including phenoxy) is 1. The molecule has 0 radical (unpaired) electrons. The molecule has 0 spiro atoms. The van der Waals surface area contributed by atoms with E-state index in [1.807, 2.05) is 0 Å². The number of nitrogens with zero attached hydrogens (tertiary/aromatic N) is 1. The normalized spacial score (nSPS) is 10.1. The number of hydrogen-bond donors (Lipinski definition) is 1. The highest BCUT2D eigenvalue weighted by Gasteiger charge is 2.20. The largest absolute Gasteiger partial charge is 0.478 e. The van der Waals surface area contributed by atoms with Gasteiger partial charge in [-0.2, -0.15) is 0 Å². The van der Waals surface area contributed by atoms with Crippen LogP contribution in [-0.2, 0) is 0 Å². The number of benzene rings is 2. The molecule has 0 unspecified atom stereocenters. The van der Waals surface area contributed by atoms with Crippen LogP contribution < -0.4 is 4.74 Å². The number of nitro benzene ring substituents is 1. The first-order chi connectivity index (χ1) is 9.50. The van der Waals surface area contributed by atoms with Gasteiger partial charge in [0.15, 0.2) is 0 Å². The van der Waals surface area contributed by atoms with Crippen LogP contribution in [0.3, 0.4) is 0 Å². The number of hydrogen-bond acceptors (Lipinski definition) is 4. The van der Waals surface area contributed by atoms with Crippen molar-refractivity contribution in [2.24, 2.45) is 0 Å². The lowest BCUT2D eigenvalue weighted by molar-refractivity contribution is -0.385. The zero-order chi connectivity index (χ0) is 14.7. The lowest BCUT2D eigenvalue weighted by atomic mass is 10.1. The van der Waals surface area contributed by atoms with Crippen molar-refractivity contribution in [1.29, 1.82) is 0 Å².